The molecule has 0 unspecified atom stereocenters. The molecule has 0 aliphatic carbocycles. The van der Waals surface area contributed by atoms with E-state index in [-0.39, 0.29) is 10.5 Å². The standard InChI is InChI=1S/C26H24N2O5S/c1-3-18-7-6-10-22-24(18)25(20-8-4-5-9-21(20)27-22)26(31)28(16-15-23(29)30)34(32,33)19-13-11-17(2)12-14-19/h4-14H,3,15-16H2,1-2H3,(H,29,30). The van der Waals surface area contributed by atoms with Crippen LogP contribution in [-0.2, 0) is 21.2 Å². The van der Waals surface area contributed by atoms with E-state index in [9.17, 15) is 23.1 Å². The Bertz CT molecular complexity index is 1510. The quantitative estimate of drug-likeness (QED) is 0.392. The summed E-state index contributed by atoms with van der Waals surface area (Å²) in [4.78, 5) is 30.0. The summed E-state index contributed by atoms with van der Waals surface area (Å²) in [5.41, 5.74) is 3.05. The van der Waals surface area contributed by atoms with E-state index in [2.05, 4.69) is 4.98 Å². The van der Waals surface area contributed by atoms with Crippen molar-refractivity contribution in [1.82, 2.24) is 9.29 Å². The van der Waals surface area contributed by atoms with Crippen LogP contribution in [0.15, 0.2) is 71.6 Å². The van der Waals surface area contributed by atoms with Gasteiger partial charge in [-0.2, -0.15) is 0 Å². The zero-order valence-electron chi connectivity index (χ0n) is 18.9. The molecule has 4 aromatic rings. The fourth-order valence-corrected chi connectivity index (χ4v) is 5.40. The van der Waals surface area contributed by atoms with E-state index in [0.717, 1.165) is 11.1 Å². The van der Waals surface area contributed by atoms with Gasteiger partial charge in [0, 0.05) is 17.3 Å². The molecule has 1 aromatic heterocycles. The van der Waals surface area contributed by atoms with Crippen molar-refractivity contribution >= 4 is 43.7 Å². The van der Waals surface area contributed by atoms with Crippen LogP contribution in [0.1, 0.15) is 34.8 Å². The summed E-state index contributed by atoms with van der Waals surface area (Å²) in [5, 5.41) is 10.4. The number of nitrogens with zero attached hydrogens (tertiary/aromatic N) is 2. The molecule has 0 atom stereocenters. The second-order valence-electron chi connectivity index (χ2n) is 8.01. The molecule has 0 aliphatic rings. The van der Waals surface area contributed by atoms with E-state index < -0.39 is 34.9 Å². The van der Waals surface area contributed by atoms with Crippen LogP contribution in [0, 0.1) is 6.92 Å². The van der Waals surface area contributed by atoms with Crippen molar-refractivity contribution in [2.75, 3.05) is 6.54 Å². The molecule has 174 valence electrons. The predicted octanol–water partition coefficient (Wildman–Crippen LogP) is 4.56. The summed E-state index contributed by atoms with van der Waals surface area (Å²) in [5.74, 6) is -1.97. The minimum atomic E-state index is -4.32. The highest BCUT2D eigenvalue weighted by atomic mass is 32.2. The van der Waals surface area contributed by atoms with Gasteiger partial charge in [0.1, 0.15) is 0 Å². The first kappa shape index (κ1) is 23.4. The van der Waals surface area contributed by atoms with Crippen LogP contribution in [0.4, 0.5) is 0 Å². The fourth-order valence-electron chi connectivity index (χ4n) is 4.02. The number of aryl methyl sites for hydroxylation is 2. The van der Waals surface area contributed by atoms with Crippen LogP contribution in [0.25, 0.3) is 21.8 Å². The largest absolute Gasteiger partial charge is 0.481 e. The molecule has 1 amide bonds. The van der Waals surface area contributed by atoms with Gasteiger partial charge in [-0.3, -0.25) is 9.59 Å². The third kappa shape index (κ3) is 4.24. The van der Waals surface area contributed by atoms with Crippen LogP contribution in [0.3, 0.4) is 0 Å². The molecule has 4 rings (SSSR count). The molecule has 0 bridgehead atoms. The van der Waals surface area contributed by atoms with E-state index >= 15 is 0 Å². The molecule has 34 heavy (non-hydrogen) atoms. The lowest BCUT2D eigenvalue weighted by atomic mass is 9.96. The Morgan fingerprint density at radius 3 is 2.29 bits per heavy atom. The van der Waals surface area contributed by atoms with Gasteiger partial charge in [-0.25, -0.2) is 17.7 Å². The third-order valence-corrected chi connectivity index (χ3v) is 7.55. The van der Waals surface area contributed by atoms with Gasteiger partial charge >= 0.3 is 5.97 Å². The number of carbonyl (C=O) groups excluding carboxylic acids is 1. The molecule has 8 heteroatoms. The summed E-state index contributed by atoms with van der Waals surface area (Å²) in [7, 11) is -4.32. The first-order chi connectivity index (χ1) is 16.2. The van der Waals surface area contributed by atoms with Crippen molar-refractivity contribution in [3.8, 4) is 0 Å². The summed E-state index contributed by atoms with van der Waals surface area (Å²) < 4.78 is 27.9. The number of aromatic nitrogens is 1. The molecule has 0 fully saturated rings. The number of carboxylic acids is 1. The number of para-hydroxylation sites is 1. The average Bonchev–Trinajstić information content (AvgIpc) is 2.82. The number of amides is 1. The molecular formula is C26H24N2O5S. The van der Waals surface area contributed by atoms with Crippen LogP contribution < -0.4 is 0 Å². The Morgan fingerprint density at radius 1 is 0.941 bits per heavy atom. The number of sulfonamides is 1. The topological polar surface area (TPSA) is 105 Å². The van der Waals surface area contributed by atoms with E-state index in [1.807, 2.05) is 26.0 Å². The van der Waals surface area contributed by atoms with E-state index in [4.69, 9.17) is 0 Å². The molecule has 1 N–H and O–H groups in total. The number of hydrogen-bond acceptors (Lipinski definition) is 5. The Kier molecular flexibility index (Phi) is 6.34. The molecule has 0 radical (unpaired) electrons. The van der Waals surface area contributed by atoms with Crippen molar-refractivity contribution in [3.05, 3.63) is 83.4 Å². The number of fused-ring (bicyclic) bond motifs is 2. The third-order valence-electron chi connectivity index (χ3n) is 5.75. The maximum absolute atomic E-state index is 14.1. The molecule has 0 aliphatic heterocycles. The Hall–Kier alpha value is -3.78. The number of aliphatic carboxylic acids is 1. The van der Waals surface area contributed by atoms with Gasteiger partial charge in [-0.1, -0.05) is 55.0 Å². The van der Waals surface area contributed by atoms with Crippen LogP contribution in [-0.4, -0.2) is 41.2 Å². The molecule has 1 heterocycles. The number of carbonyl (C=O) groups is 2. The Morgan fingerprint density at radius 2 is 1.62 bits per heavy atom. The molecule has 7 nitrogen and oxygen atoms in total. The molecule has 3 aromatic carbocycles. The highest BCUT2D eigenvalue weighted by Gasteiger charge is 2.33. The van der Waals surface area contributed by atoms with Gasteiger partial charge in [0.25, 0.3) is 15.9 Å². The second-order valence-corrected chi connectivity index (χ2v) is 9.87. The van der Waals surface area contributed by atoms with Crippen molar-refractivity contribution in [2.24, 2.45) is 0 Å². The van der Waals surface area contributed by atoms with Crippen molar-refractivity contribution in [3.63, 3.8) is 0 Å². The van der Waals surface area contributed by atoms with Crippen LogP contribution in [0.2, 0.25) is 0 Å². The fraction of sp³-hybridized carbons (Fsp3) is 0.192. The average molecular weight is 477 g/mol. The van der Waals surface area contributed by atoms with Gasteiger partial charge in [-0.05, 0) is 43.2 Å². The molecule has 0 spiro atoms. The molecule has 0 saturated carbocycles. The van der Waals surface area contributed by atoms with E-state index in [0.29, 0.717) is 32.5 Å². The Labute approximate surface area is 197 Å². The maximum Gasteiger partial charge on any atom is 0.305 e. The van der Waals surface area contributed by atoms with Gasteiger partial charge in [0.15, 0.2) is 0 Å². The zero-order chi connectivity index (χ0) is 24.5. The lowest BCUT2D eigenvalue weighted by molar-refractivity contribution is -0.137. The van der Waals surface area contributed by atoms with Crippen LogP contribution >= 0.6 is 0 Å². The minimum absolute atomic E-state index is 0.0739. The predicted molar refractivity (Wildman–Crippen MR) is 130 cm³/mol. The number of hydrogen-bond donors (Lipinski definition) is 1. The normalized spacial score (nSPS) is 11.6. The number of pyridine rings is 1. The highest BCUT2D eigenvalue weighted by molar-refractivity contribution is 7.89. The SMILES string of the molecule is CCc1cccc2nc3ccccc3c(C(=O)N(CCC(=O)O)S(=O)(=O)c3ccc(C)cc3)c12. The molecule has 0 saturated heterocycles. The van der Waals surface area contributed by atoms with Crippen molar-refractivity contribution in [2.45, 2.75) is 31.6 Å². The summed E-state index contributed by atoms with van der Waals surface area (Å²) in [6.45, 7) is 3.28. The molecular weight excluding hydrogens is 452 g/mol. The van der Waals surface area contributed by atoms with Gasteiger partial charge < -0.3 is 5.11 Å². The summed E-state index contributed by atoms with van der Waals surface area (Å²) in [6, 6.07) is 18.7. The lowest BCUT2D eigenvalue weighted by Crippen LogP contribution is -2.38. The second kappa shape index (κ2) is 9.23. The summed E-state index contributed by atoms with van der Waals surface area (Å²) in [6.07, 6.45) is 0.0931. The zero-order valence-corrected chi connectivity index (χ0v) is 19.7. The maximum atomic E-state index is 14.1. The van der Waals surface area contributed by atoms with Crippen molar-refractivity contribution in [1.29, 1.82) is 0 Å². The smallest absolute Gasteiger partial charge is 0.305 e. The van der Waals surface area contributed by atoms with E-state index in [1.54, 1.807) is 42.5 Å². The summed E-state index contributed by atoms with van der Waals surface area (Å²) >= 11 is 0. The first-order valence-electron chi connectivity index (χ1n) is 10.9. The first-order valence-corrected chi connectivity index (χ1v) is 12.3. The monoisotopic (exact) mass is 476 g/mol. The highest BCUT2D eigenvalue weighted by Crippen LogP contribution is 2.32. The van der Waals surface area contributed by atoms with Crippen LogP contribution in [0.5, 0.6) is 0 Å². The van der Waals surface area contributed by atoms with E-state index in [1.165, 1.54) is 12.1 Å². The minimum Gasteiger partial charge on any atom is -0.481 e. The van der Waals surface area contributed by atoms with Crippen molar-refractivity contribution < 1.29 is 23.1 Å². The lowest BCUT2D eigenvalue weighted by Gasteiger charge is -2.24. The Balaban J connectivity index is 2.00. The number of rotatable bonds is 7. The number of benzene rings is 3. The van der Waals surface area contributed by atoms with Gasteiger partial charge in [0.2, 0.25) is 0 Å². The van der Waals surface area contributed by atoms with Gasteiger partial charge in [-0.15, -0.1) is 0 Å². The number of carboxylic acid groups (broad SMARTS) is 1. The van der Waals surface area contributed by atoms with Gasteiger partial charge in [0.05, 0.1) is 27.9 Å².